The molecule has 5 nitrogen and oxygen atoms in total. The summed E-state index contributed by atoms with van der Waals surface area (Å²) in [5, 5.41) is 19.9. The van der Waals surface area contributed by atoms with Crippen molar-refractivity contribution in [2.75, 3.05) is 19.6 Å². The van der Waals surface area contributed by atoms with Crippen LogP contribution in [0.25, 0.3) is 0 Å². The molecule has 2 heterocycles. The average Bonchev–Trinajstić information content (AvgIpc) is 3.17. The van der Waals surface area contributed by atoms with Crippen LogP contribution in [0.1, 0.15) is 35.0 Å². The number of aliphatic imine (C=N–C) groups is 1. The second-order valence-corrected chi connectivity index (χ2v) is 7.98. The van der Waals surface area contributed by atoms with Gasteiger partial charge in [-0.2, -0.15) is 0 Å². The number of hydrogen-bond acceptors (Lipinski definition) is 5. The van der Waals surface area contributed by atoms with E-state index in [-0.39, 0.29) is 24.0 Å². The van der Waals surface area contributed by atoms with Crippen molar-refractivity contribution < 1.29 is 5.11 Å². The number of nitrogens with one attached hydrogen (secondary N) is 2. The van der Waals surface area contributed by atoms with Crippen molar-refractivity contribution in [2.45, 2.75) is 32.8 Å². The molecule has 0 aliphatic carbocycles. The van der Waals surface area contributed by atoms with Gasteiger partial charge in [-0.25, -0.2) is 4.98 Å². The molecule has 0 bridgehead atoms. The van der Waals surface area contributed by atoms with Crippen LogP contribution in [0.4, 0.5) is 0 Å². The summed E-state index contributed by atoms with van der Waals surface area (Å²) in [5.41, 5.74) is 1.08. The van der Waals surface area contributed by atoms with E-state index in [1.54, 1.807) is 17.4 Å². The van der Waals surface area contributed by atoms with Gasteiger partial charge in [0.1, 0.15) is 6.10 Å². The summed E-state index contributed by atoms with van der Waals surface area (Å²) in [6, 6.07) is 3.63. The predicted molar refractivity (Wildman–Crippen MR) is 119 cm³/mol. The Hall–Kier alpha value is -0.420. The molecule has 1 unspecified atom stereocenters. The van der Waals surface area contributed by atoms with Crippen LogP contribution in [0.2, 0.25) is 4.34 Å². The van der Waals surface area contributed by atoms with Gasteiger partial charge in [-0.15, -0.1) is 46.7 Å². The lowest BCUT2D eigenvalue weighted by Crippen LogP contribution is -2.38. The number of thiazole rings is 1. The summed E-state index contributed by atoms with van der Waals surface area (Å²) in [5.74, 6) is 0.717. The molecule has 2 aromatic heterocycles. The zero-order chi connectivity index (χ0) is 17.4. The number of aryl methyl sites for hydroxylation is 2. The first-order valence-electron chi connectivity index (χ1n) is 7.95. The molecule has 9 heteroatoms. The Morgan fingerprint density at radius 3 is 2.80 bits per heavy atom. The Morgan fingerprint density at radius 1 is 1.40 bits per heavy atom. The van der Waals surface area contributed by atoms with E-state index in [9.17, 15) is 5.11 Å². The largest absolute Gasteiger partial charge is 0.386 e. The maximum absolute atomic E-state index is 10.2. The van der Waals surface area contributed by atoms with Crippen molar-refractivity contribution in [3.05, 3.63) is 37.4 Å². The van der Waals surface area contributed by atoms with Crippen LogP contribution < -0.4 is 10.6 Å². The van der Waals surface area contributed by atoms with Gasteiger partial charge >= 0.3 is 0 Å². The second kappa shape index (κ2) is 12.1. The topological polar surface area (TPSA) is 69.5 Å². The lowest BCUT2D eigenvalue weighted by molar-refractivity contribution is 0.191. The molecule has 2 rings (SSSR count). The van der Waals surface area contributed by atoms with Crippen LogP contribution >= 0.6 is 58.3 Å². The second-order valence-electron chi connectivity index (χ2n) is 5.29. The number of aliphatic hydroxyl groups excluding tert-OH is 1. The fourth-order valence-electron chi connectivity index (χ4n) is 2.08. The lowest BCUT2D eigenvalue weighted by Gasteiger charge is -2.12. The van der Waals surface area contributed by atoms with Gasteiger partial charge in [0.25, 0.3) is 0 Å². The molecule has 0 saturated heterocycles. The SMILES string of the molecule is CCNC(=NCC(O)c1ccc(Cl)s1)NCCCc1nc(C)cs1.I. The number of rotatable bonds is 8. The zero-order valence-corrected chi connectivity index (χ0v) is 19.0. The van der Waals surface area contributed by atoms with E-state index in [2.05, 4.69) is 26.0 Å². The molecule has 140 valence electrons. The number of guanidine groups is 1. The van der Waals surface area contributed by atoms with E-state index in [4.69, 9.17) is 11.6 Å². The van der Waals surface area contributed by atoms with Crippen LogP contribution in [-0.4, -0.2) is 35.7 Å². The van der Waals surface area contributed by atoms with E-state index in [0.717, 1.165) is 42.5 Å². The minimum Gasteiger partial charge on any atom is -0.386 e. The van der Waals surface area contributed by atoms with Gasteiger partial charge in [0.05, 0.1) is 15.9 Å². The van der Waals surface area contributed by atoms with Crippen LogP contribution in [0.5, 0.6) is 0 Å². The van der Waals surface area contributed by atoms with E-state index < -0.39 is 6.10 Å². The van der Waals surface area contributed by atoms with Gasteiger partial charge in [-0.3, -0.25) is 4.99 Å². The molecule has 0 fully saturated rings. The van der Waals surface area contributed by atoms with Crippen molar-refractivity contribution >= 4 is 64.2 Å². The third-order valence-electron chi connectivity index (χ3n) is 3.22. The predicted octanol–water partition coefficient (Wildman–Crippen LogP) is 4.01. The molecule has 0 radical (unpaired) electrons. The molecule has 0 saturated carbocycles. The van der Waals surface area contributed by atoms with Gasteiger partial charge < -0.3 is 15.7 Å². The highest BCUT2D eigenvalue weighted by atomic mass is 127. The van der Waals surface area contributed by atoms with E-state index in [1.165, 1.54) is 16.3 Å². The first kappa shape index (κ1) is 22.6. The lowest BCUT2D eigenvalue weighted by atomic mass is 10.3. The van der Waals surface area contributed by atoms with E-state index in [0.29, 0.717) is 10.9 Å². The summed E-state index contributed by atoms with van der Waals surface area (Å²) >= 11 is 8.98. The summed E-state index contributed by atoms with van der Waals surface area (Å²) in [6.45, 7) is 5.92. The van der Waals surface area contributed by atoms with Crippen molar-refractivity contribution in [3.63, 3.8) is 0 Å². The molecule has 0 amide bonds. The highest BCUT2D eigenvalue weighted by molar-refractivity contribution is 14.0. The molecule has 3 N–H and O–H groups in total. The number of aliphatic hydroxyl groups is 1. The standard InChI is InChI=1S/C16H23ClN4OS2.HI/c1-3-18-16(19-8-4-5-15-21-11(2)10-23-15)20-9-12(22)13-6-7-14(17)24-13;/h6-7,10,12,22H,3-5,8-9H2,1-2H3,(H2,18,19,20);1H. The summed E-state index contributed by atoms with van der Waals surface area (Å²) in [6.07, 6.45) is 1.32. The summed E-state index contributed by atoms with van der Waals surface area (Å²) in [4.78, 5) is 9.74. The number of aromatic nitrogens is 1. The maximum Gasteiger partial charge on any atom is 0.191 e. The maximum atomic E-state index is 10.2. The van der Waals surface area contributed by atoms with Gasteiger partial charge in [0, 0.05) is 35.5 Å². The molecule has 0 spiro atoms. The van der Waals surface area contributed by atoms with E-state index >= 15 is 0 Å². The highest BCUT2D eigenvalue weighted by Gasteiger charge is 2.10. The quantitative estimate of drug-likeness (QED) is 0.215. The van der Waals surface area contributed by atoms with Crippen molar-refractivity contribution in [2.24, 2.45) is 4.99 Å². The Morgan fingerprint density at radius 2 is 2.20 bits per heavy atom. The van der Waals surface area contributed by atoms with E-state index in [1.807, 2.05) is 19.9 Å². The van der Waals surface area contributed by atoms with Gasteiger partial charge in [0.15, 0.2) is 5.96 Å². The van der Waals surface area contributed by atoms with Crippen molar-refractivity contribution in [3.8, 4) is 0 Å². The molecule has 2 aromatic rings. The first-order chi connectivity index (χ1) is 11.6. The third kappa shape index (κ3) is 8.21. The zero-order valence-electron chi connectivity index (χ0n) is 14.3. The molecule has 0 aromatic carbocycles. The van der Waals surface area contributed by atoms with Crippen LogP contribution in [0, 0.1) is 6.92 Å². The minimum atomic E-state index is -0.628. The average molecular weight is 515 g/mol. The normalized spacial score (nSPS) is 12.6. The van der Waals surface area contributed by atoms with Crippen LogP contribution in [-0.2, 0) is 6.42 Å². The Balaban J connectivity index is 0.00000312. The van der Waals surface area contributed by atoms with Crippen LogP contribution in [0.15, 0.2) is 22.5 Å². The van der Waals surface area contributed by atoms with Crippen molar-refractivity contribution in [1.82, 2.24) is 15.6 Å². The number of halogens is 2. The third-order valence-corrected chi connectivity index (χ3v) is 5.57. The monoisotopic (exact) mass is 514 g/mol. The fourth-order valence-corrected chi connectivity index (χ4v) is 3.94. The molecule has 0 aliphatic heterocycles. The number of nitrogens with zero attached hydrogens (tertiary/aromatic N) is 2. The highest BCUT2D eigenvalue weighted by Crippen LogP contribution is 2.26. The first-order valence-corrected chi connectivity index (χ1v) is 10.0. The molecule has 1 atom stereocenters. The molecule has 25 heavy (non-hydrogen) atoms. The molecular formula is C16H24ClIN4OS2. The van der Waals surface area contributed by atoms with Gasteiger partial charge in [0.2, 0.25) is 0 Å². The summed E-state index contributed by atoms with van der Waals surface area (Å²) in [7, 11) is 0. The Labute approximate surface area is 179 Å². The van der Waals surface area contributed by atoms with Crippen LogP contribution in [0.3, 0.4) is 0 Å². The van der Waals surface area contributed by atoms with Gasteiger partial charge in [-0.1, -0.05) is 11.6 Å². The summed E-state index contributed by atoms with van der Waals surface area (Å²) < 4.78 is 0.676. The number of thiophene rings is 1. The molecule has 0 aliphatic rings. The Bertz CT molecular complexity index is 662. The Kier molecular flexibility index (Phi) is 10.9. The number of hydrogen-bond donors (Lipinski definition) is 3. The molecular weight excluding hydrogens is 491 g/mol. The van der Waals surface area contributed by atoms with Crippen molar-refractivity contribution in [1.29, 1.82) is 0 Å². The minimum absolute atomic E-state index is 0. The fraction of sp³-hybridized carbons (Fsp3) is 0.500. The smallest absolute Gasteiger partial charge is 0.191 e. The van der Waals surface area contributed by atoms with Gasteiger partial charge in [-0.05, 0) is 32.4 Å².